The summed E-state index contributed by atoms with van der Waals surface area (Å²) in [6.45, 7) is 0. The number of ketones is 1. The van der Waals surface area contributed by atoms with E-state index in [9.17, 15) is 4.79 Å². The van der Waals surface area contributed by atoms with E-state index in [2.05, 4.69) is 29.2 Å². The first-order chi connectivity index (χ1) is 10.3. The third kappa shape index (κ3) is 2.40. The largest absolute Gasteiger partial charge is 0.299 e. The Bertz CT molecular complexity index is 773. The van der Waals surface area contributed by atoms with E-state index in [1.807, 2.05) is 22.2 Å². The molecule has 21 heavy (non-hydrogen) atoms. The molecule has 1 atom stereocenters. The van der Waals surface area contributed by atoms with Gasteiger partial charge in [-0.15, -0.1) is 11.3 Å². The highest BCUT2D eigenvalue weighted by molar-refractivity contribution is 7.15. The molecular weight excluding hydrogens is 280 g/mol. The molecule has 3 nitrogen and oxygen atoms in total. The number of hydrogen-bond donors (Lipinski definition) is 0. The molecule has 0 N–H and O–H groups in total. The highest BCUT2D eigenvalue weighted by Gasteiger charge is 2.24. The Hall–Kier alpha value is -1.94. The summed E-state index contributed by atoms with van der Waals surface area (Å²) in [6, 6.07) is 8.48. The molecule has 1 aliphatic rings. The van der Waals surface area contributed by atoms with Gasteiger partial charge in [-0.3, -0.25) is 9.20 Å². The first-order valence-corrected chi connectivity index (χ1v) is 8.18. The summed E-state index contributed by atoms with van der Waals surface area (Å²) in [4.78, 5) is 18.0. The fourth-order valence-corrected chi connectivity index (χ4v) is 3.88. The molecule has 2 heterocycles. The lowest BCUT2D eigenvalue weighted by Crippen LogP contribution is -2.24. The van der Waals surface area contributed by atoms with Crippen LogP contribution in [0, 0.1) is 5.92 Å². The van der Waals surface area contributed by atoms with Gasteiger partial charge in [-0.2, -0.15) is 0 Å². The van der Waals surface area contributed by atoms with Gasteiger partial charge < -0.3 is 0 Å². The highest BCUT2D eigenvalue weighted by atomic mass is 32.1. The van der Waals surface area contributed by atoms with Gasteiger partial charge in [0.1, 0.15) is 5.78 Å². The molecular formula is C17H16N2OS. The fraction of sp³-hybridized carbons (Fsp3) is 0.294. The Kier molecular flexibility index (Phi) is 3.11. The van der Waals surface area contributed by atoms with Crippen molar-refractivity contribution >= 4 is 22.1 Å². The minimum atomic E-state index is 0.152. The maximum absolute atomic E-state index is 12.5. The van der Waals surface area contributed by atoms with Gasteiger partial charge in [-0.1, -0.05) is 24.3 Å². The number of carbonyl (C=O) groups excluding carboxylic acids is 1. The van der Waals surface area contributed by atoms with Crippen LogP contribution in [0.1, 0.15) is 23.2 Å². The first kappa shape index (κ1) is 12.8. The molecule has 3 aromatic rings. The predicted molar refractivity (Wildman–Crippen MR) is 83.7 cm³/mol. The van der Waals surface area contributed by atoms with Gasteiger partial charge in [0, 0.05) is 23.7 Å². The number of fused-ring (bicyclic) bond motifs is 2. The number of Topliss-reactive ketones (excluding diaryl/α,β-unsaturated/α-hetero) is 1. The summed E-state index contributed by atoms with van der Waals surface area (Å²) in [5.41, 5.74) is 3.64. The van der Waals surface area contributed by atoms with Crippen LogP contribution in [0.25, 0.3) is 4.96 Å². The minimum Gasteiger partial charge on any atom is -0.299 e. The second kappa shape index (κ2) is 5.11. The van der Waals surface area contributed by atoms with E-state index in [4.69, 9.17) is 0 Å². The average molecular weight is 296 g/mol. The number of benzene rings is 1. The smallest absolute Gasteiger partial charge is 0.193 e. The van der Waals surface area contributed by atoms with E-state index in [-0.39, 0.29) is 5.92 Å². The van der Waals surface area contributed by atoms with Crippen molar-refractivity contribution in [2.45, 2.75) is 25.7 Å². The molecule has 0 aliphatic heterocycles. The van der Waals surface area contributed by atoms with Crippen LogP contribution in [0.5, 0.6) is 0 Å². The Morgan fingerprint density at radius 1 is 1.33 bits per heavy atom. The van der Waals surface area contributed by atoms with E-state index in [1.54, 1.807) is 11.3 Å². The van der Waals surface area contributed by atoms with E-state index in [0.29, 0.717) is 12.2 Å². The third-order valence-corrected chi connectivity index (χ3v) is 5.07. The zero-order chi connectivity index (χ0) is 14.2. The summed E-state index contributed by atoms with van der Waals surface area (Å²) in [5.74, 6) is 0.481. The van der Waals surface area contributed by atoms with Crippen LogP contribution in [0.2, 0.25) is 0 Å². The van der Waals surface area contributed by atoms with Crippen LogP contribution in [0.4, 0.5) is 0 Å². The van der Waals surface area contributed by atoms with Gasteiger partial charge in [0.15, 0.2) is 4.96 Å². The molecule has 1 aromatic carbocycles. The van der Waals surface area contributed by atoms with Crippen molar-refractivity contribution in [2.75, 3.05) is 0 Å². The number of aromatic nitrogens is 2. The summed E-state index contributed by atoms with van der Waals surface area (Å²) in [7, 11) is 0. The van der Waals surface area contributed by atoms with Gasteiger partial charge in [0.25, 0.3) is 0 Å². The Labute approximate surface area is 127 Å². The second-order valence-electron chi connectivity index (χ2n) is 5.68. The van der Waals surface area contributed by atoms with Gasteiger partial charge in [0.2, 0.25) is 0 Å². The van der Waals surface area contributed by atoms with Crippen LogP contribution < -0.4 is 0 Å². The molecule has 0 fully saturated rings. The molecule has 1 aliphatic carbocycles. The maximum Gasteiger partial charge on any atom is 0.193 e. The maximum atomic E-state index is 12.5. The van der Waals surface area contributed by atoms with Crippen molar-refractivity contribution in [2.24, 2.45) is 5.92 Å². The predicted octanol–water partition coefficient (Wildman–Crippen LogP) is 3.31. The summed E-state index contributed by atoms with van der Waals surface area (Å²) in [6.07, 6.45) is 7.29. The van der Waals surface area contributed by atoms with Gasteiger partial charge in [0.05, 0.1) is 12.1 Å². The zero-order valence-electron chi connectivity index (χ0n) is 11.7. The Morgan fingerprint density at radius 3 is 3.05 bits per heavy atom. The van der Waals surface area contributed by atoms with Crippen LogP contribution >= 0.6 is 11.3 Å². The standard InChI is InChI=1S/C17H16N2OS/c20-16(10-15-11-19-7-8-21-17(19)18-15)14-6-5-12-3-1-2-4-13(12)9-14/h1-4,7-8,11,14H,5-6,9-10H2. The van der Waals surface area contributed by atoms with Crippen LogP contribution in [-0.4, -0.2) is 15.2 Å². The Balaban J connectivity index is 1.49. The molecule has 4 heteroatoms. The monoisotopic (exact) mass is 296 g/mol. The molecule has 2 aromatic heterocycles. The lowest BCUT2D eigenvalue weighted by atomic mass is 9.81. The summed E-state index contributed by atoms with van der Waals surface area (Å²) < 4.78 is 1.99. The van der Waals surface area contributed by atoms with Gasteiger partial charge in [-0.05, 0) is 30.4 Å². The Morgan fingerprint density at radius 2 is 2.19 bits per heavy atom. The number of thiazole rings is 1. The average Bonchev–Trinajstić information content (AvgIpc) is 3.08. The molecule has 0 saturated carbocycles. The third-order valence-electron chi connectivity index (χ3n) is 4.30. The lowest BCUT2D eigenvalue weighted by molar-refractivity contribution is -0.122. The van der Waals surface area contributed by atoms with E-state index < -0.39 is 0 Å². The van der Waals surface area contributed by atoms with E-state index in [0.717, 1.165) is 29.9 Å². The zero-order valence-corrected chi connectivity index (χ0v) is 12.5. The van der Waals surface area contributed by atoms with Crippen molar-refractivity contribution in [3.63, 3.8) is 0 Å². The molecule has 0 radical (unpaired) electrons. The van der Waals surface area contributed by atoms with Gasteiger partial charge >= 0.3 is 0 Å². The normalized spacial score (nSPS) is 17.8. The van der Waals surface area contributed by atoms with Crippen molar-refractivity contribution in [1.82, 2.24) is 9.38 Å². The van der Waals surface area contributed by atoms with Crippen LogP contribution in [0.15, 0.2) is 42.0 Å². The SMILES string of the molecule is O=C(Cc1cn2ccsc2n1)C1CCc2ccccc2C1. The molecule has 0 saturated heterocycles. The molecule has 1 unspecified atom stereocenters. The number of aryl methyl sites for hydroxylation is 1. The van der Waals surface area contributed by atoms with E-state index in [1.165, 1.54) is 11.1 Å². The number of rotatable bonds is 3. The quantitative estimate of drug-likeness (QED) is 0.743. The summed E-state index contributed by atoms with van der Waals surface area (Å²) in [5, 5.41) is 2.01. The molecule has 0 spiro atoms. The van der Waals surface area contributed by atoms with Crippen molar-refractivity contribution in [3.8, 4) is 0 Å². The fourth-order valence-electron chi connectivity index (χ4n) is 3.16. The van der Waals surface area contributed by atoms with E-state index >= 15 is 0 Å². The van der Waals surface area contributed by atoms with Crippen LogP contribution in [-0.2, 0) is 24.1 Å². The van der Waals surface area contributed by atoms with Crippen molar-refractivity contribution < 1.29 is 4.79 Å². The topological polar surface area (TPSA) is 34.4 Å². The second-order valence-corrected chi connectivity index (χ2v) is 6.55. The number of imidazole rings is 1. The minimum absolute atomic E-state index is 0.152. The molecule has 106 valence electrons. The molecule has 4 rings (SSSR count). The van der Waals surface area contributed by atoms with Gasteiger partial charge in [-0.25, -0.2) is 4.98 Å². The number of carbonyl (C=O) groups is 1. The lowest BCUT2D eigenvalue weighted by Gasteiger charge is -2.23. The van der Waals surface area contributed by atoms with Crippen LogP contribution in [0.3, 0.4) is 0 Å². The summed E-state index contributed by atoms with van der Waals surface area (Å²) >= 11 is 1.60. The first-order valence-electron chi connectivity index (χ1n) is 7.30. The highest BCUT2D eigenvalue weighted by Crippen LogP contribution is 2.26. The number of hydrogen-bond acceptors (Lipinski definition) is 3. The van der Waals surface area contributed by atoms with Crippen molar-refractivity contribution in [1.29, 1.82) is 0 Å². The number of nitrogens with zero attached hydrogens (tertiary/aromatic N) is 2. The van der Waals surface area contributed by atoms with Crippen molar-refractivity contribution in [3.05, 3.63) is 58.9 Å². The molecule has 0 bridgehead atoms. The molecule has 0 amide bonds.